The van der Waals surface area contributed by atoms with E-state index in [4.69, 9.17) is 9.47 Å². The highest BCUT2D eigenvalue weighted by atomic mass is 16.5. The van der Waals surface area contributed by atoms with Crippen molar-refractivity contribution in [3.63, 3.8) is 0 Å². The first kappa shape index (κ1) is 15.6. The number of Topliss-reactive ketones (excluding diaryl/α,β-unsaturated/α-hetero) is 1. The van der Waals surface area contributed by atoms with Crippen molar-refractivity contribution >= 4 is 5.78 Å². The molecule has 2 aromatic carbocycles. The average Bonchev–Trinajstić information content (AvgIpc) is 2.59. The second-order valence-electron chi connectivity index (χ2n) is 4.58. The van der Waals surface area contributed by atoms with Crippen molar-refractivity contribution in [2.45, 2.75) is 12.2 Å². The first-order valence-corrected chi connectivity index (χ1v) is 6.97. The summed E-state index contributed by atoms with van der Waals surface area (Å²) in [5.41, 5.74) is 0. The zero-order valence-corrected chi connectivity index (χ0v) is 12.2. The molecule has 0 fully saturated rings. The van der Waals surface area contributed by atoms with Crippen molar-refractivity contribution in [3.05, 3.63) is 86.0 Å². The molecule has 2 unspecified atom stereocenters. The highest BCUT2D eigenvalue weighted by Gasteiger charge is 2.26. The van der Waals surface area contributed by atoms with Gasteiger partial charge in [0.05, 0.1) is 0 Å². The molecule has 0 aliphatic carbocycles. The largest absolute Gasteiger partial charge is 0.478 e. The van der Waals surface area contributed by atoms with Gasteiger partial charge < -0.3 is 9.47 Å². The minimum atomic E-state index is -0.797. The van der Waals surface area contributed by atoms with E-state index >= 15 is 0 Å². The van der Waals surface area contributed by atoms with Gasteiger partial charge >= 0.3 is 0 Å². The van der Waals surface area contributed by atoms with Crippen LogP contribution in [0.3, 0.4) is 0 Å². The van der Waals surface area contributed by atoms with Gasteiger partial charge in [-0.15, -0.1) is 0 Å². The molecule has 0 amide bonds. The minimum absolute atomic E-state index is 0.252. The predicted molar refractivity (Wildman–Crippen MR) is 87.1 cm³/mol. The first-order valence-electron chi connectivity index (χ1n) is 6.97. The highest BCUT2D eigenvalue weighted by molar-refractivity contribution is 5.91. The third-order valence-corrected chi connectivity index (χ3v) is 3.00. The van der Waals surface area contributed by atoms with Crippen LogP contribution in [0.5, 0.6) is 11.5 Å². The van der Waals surface area contributed by atoms with Crippen LogP contribution < -0.4 is 9.47 Å². The third-order valence-electron chi connectivity index (χ3n) is 3.00. The summed E-state index contributed by atoms with van der Waals surface area (Å²) in [6.07, 6.45) is 1.32. The molecule has 22 heavy (non-hydrogen) atoms. The summed E-state index contributed by atoms with van der Waals surface area (Å²) in [6.45, 7) is 7.33. The summed E-state index contributed by atoms with van der Waals surface area (Å²) < 4.78 is 11.3. The topological polar surface area (TPSA) is 35.5 Å². The van der Waals surface area contributed by atoms with Gasteiger partial charge in [0.15, 0.2) is 12.2 Å². The molecule has 0 saturated heterocycles. The van der Waals surface area contributed by atoms with Gasteiger partial charge in [-0.3, -0.25) is 4.79 Å². The lowest BCUT2D eigenvalue weighted by atomic mass is 10.1. The van der Waals surface area contributed by atoms with Crippen LogP contribution in [0.15, 0.2) is 86.0 Å². The SMILES string of the molecule is C=CC(Oc1ccccc1)C(=O)C(C=C)Oc1ccccc1. The Labute approximate surface area is 130 Å². The van der Waals surface area contributed by atoms with E-state index in [9.17, 15) is 4.79 Å². The fourth-order valence-corrected chi connectivity index (χ4v) is 1.90. The van der Waals surface area contributed by atoms with Crippen molar-refractivity contribution in [1.29, 1.82) is 0 Å². The van der Waals surface area contributed by atoms with Gasteiger partial charge in [0.2, 0.25) is 5.78 Å². The van der Waals surface area contributed by atoms with Crippen LogP contribution in [-0.4, -0.2) is 18.0 Å². The predicted octanol–water partition coefficient (Wildman–Crippen LogP) is 3.82. The number of hydrogen-bond acceptors (Lipinski definition) is 3. The maximum absolute atomic E-state index is 12.5. The second-order valence-corrected chi connectivity index (χ2v) is 4.58. The van der Waals surface area contributed by atoms with Gasteiger partial charge in [0, 0.05) is 0 Å². The van der Waals surface area contributed by atoms with Crippen molar-refractivity contribution in [3.8, 4) is 11.5 Å². The normalized spacial score (nSPS) is 12.7. The lowest BCUT2D eigenvalue weighted by molar-refractivity contribution is -0.128. The summed E-state index contributed by atoms with van der Waals surface area (Å²) in [5.74, 6) is 0.948. The van der Waals surface area contributed by atoms with Gasteiger partial charge in [-0.1, -0.05) is 49.6 Å². The number of benzene rings is 2. The number of rotatable bonds is 8. The molecule has 2 rings (SSSR count). The van der Waals surface area contributed by atoms with Crippen LogP contribution in [0.4, 0.5) is 0 Å². The van der Waals surface area contributed by atoms with Crippen LogP contribution in [0.1, 0.15) is 0 Å². The van der Waals surface area contributed by atoms with Crippen molar-refractivity contribution < 1.29 is 14.3 Å². The fourth-order valence-electron chi connectivity index (χ4n) is 1.90. The standard InChI is InChI=1S/C19H18O3/c1-3-17(21-15-11-7-5-8-12-15)19(20)18(4-2)22-16-13-9-6-10-14-16/h3-14,17-18H,1-2H2. The van der Waals surface area contributed by atoms with Gasteiger partial charge in [-0.25, -0.2) is 0 Å². The summed E-state index contributed by atoms with van der Waals surface area (Å²) in [5, 5.41) is 0. The van der Waals surface area contributed by atoms with E-state index < -0.39 is 12.2 Å². The van der Waals surface area contributed by atoms with E-state index in [1.54, 1.807) is 24.3 Å². The molecule has 0 spiro atoms. The van der Waals surface area contributed by atoms with E-state index in [1.807, 2.05) is 36.4 Å². The van der Waals surface area contributed by atoms with Gasteiger partial charge in [-0.2, -0.15) is 0 Å². The maximum atomic E-state index is 12.5. The summed E-state index contributed by atoms with van der Waals surface area (Å²) in [4.78, 5) is 12.5. The Kier molecular flexibility index (Phi) is 5.55. The molecule has 0 radical (unpaired) electrons. The zero-order chi connectivity index (χ0) is 15.8. The number of carbonyl (C=O) groups is 1. The molecule has 0 aromatic heterocycles. The lowest BCUT2D eigenvalue weighted by Crippen LogP contribution is -2.37. The fraction of sp³-hybridized carbons (Fsp3) is 0.105. The molecular weight excluding hydrogens is 276 g/mol. The highest BCUT2D eigenvalue weighted by Crippen LogP contribution is 2.16. The molecule has 3 nitrogen and oxygen atoms in total. The molecule has 3 heteroatoms. The van der Waals surface area contributed by atoms with Gasteiger partial charge in [0.25, 0.3) is 0 Å². The Hall–Kier alpha value is -2.81. The van der Waals surface area contributed by atoms with Crippen molar-refractivity contribution in [2.75, 3.05) is 0 Å². The molecule has 2 atom stereocenters. The Morgan fingerprint density at radius 1 is 0.773 bits per heavy atom. The van der Waals surface area contributed by atoms with Gasteiger partial charge in [-0.05, 0) is 36.4 Å². The van der Waals surface area contributed by atoms with Crippen LogP contribution in [-0.2, 0) is 4.79 Å². The number of carbonyl (C=O) groups excluding carboxylic acids is 1. The van der Waals surface area contributed by atoms with Crippen LogP contribution in [0.25, 0.3) is 0 Å². The molecule has 0 saturated carbocycles. The molecule has 0 N–H and O–H groups in total. The number of para-hydroxylation sites is 2. The third kappa shape index (κ3) is 4.09. The second kappa shape index (κ2) is 7.84. The Balaban J connectivity index is 2.08. The van der Waals surface area contributed by atoms with Gasteiger partial charge in [0.1, 0.15) is 11.5 Å². The Morgan fingerprint density at radius 2 is 1.14 bits per heavy atom. The minimum Gasteiger partial charge on any atom is -0.478 e. The molecule has 0 heterocycles. The van der Waals surface area contributed by atoms with Crippen LogP contribution in [0, 0.1) is 0 Å². The molecule has 112 valence electrons. The van der Waals surface area contributed by atoms with E-state index in [-0.39, 0.29) is 5.78 Å². The lowest BCUT2D eigenvalue weighted by Gasteiger charge is -2.20. The number of ether oxygens (including phenoxy) is 2. The van der Waals surface area contributed by atoms with E-state index in [0.29, 0.717) is 11.5 Å². The smallest absolute Gasteiger partial charge is 0.221 e. The Morgan fingerprint density at radius 3 is 1.45 bits per heavy atom. The van der Waals surface area contributed by atoms with E-state index in [2.05, 4.69) is 13.2 Å². The maximum Gasteiger partial charge on any atom is 0.221 e. The molecule has 0 aliphatic heterocycles. The molecule has 2 aromatic rings. The molecule has 0 bridgehead atoms. The molecular formula is C19H18O3. The van der Waals surface area contributed by atoms with Crippen molar-refractivity contribution in [1.82, 2.24) is 0 Å². The Bertz CT molecular complexity index is 564. The van der Waals surface area contributed by atoms with Crippen LogP contribution in [0.2, 0.25) is 0 Å². The monoisotopic (exact) mass is 294 g/mol. The summed E-state index contributed by atoms with van der Waals surface area (Å²) in [7, 11) is 0. The summed E-state index contributed by atoms with van der Waals surface area (Å²) >= 11 is 0. The van der Waals surface area contributed by atoms with E-state index in [1.165, 1.54) is 12.2 Å². The first-order chi connectivity index (χ1) is 10.7. The zero-order valence-electron chi connectivity index (χ0n) is 12.2. The quantitative estimate of drug-likeness (QED) is 0.694. The van der Waals surface area contributed by atoms with Crippen LogP contribution >= 0.6 is 0 Å². The van der Waals surface area contributed by atoms with E-state index in [0.717, 1.165) is 0 Å². The number of ketones is 1. The number of hydrogen-bond donors (Lipinski definition) is 0. The van der Waals surface area contributed by atoms with Crippen molar-refractivity contribution in [2.24, 2.45) is 0 Å². The average molecular weight is 294 g/mol. The molecule has 0 aliphatic rings. The summed E-state index contributed by atoms with van der Waals surface area (Å²) in [6, 6.07) is 18.2.